The molecule has 2 N–H and O–H groups in total. The first kappa shape index (κ1) is 13.5. The van der Waals surface area contributed by atoms with Gasteiger partial charge in [0.15, 0.2) is 0 Å². The van der Waals surface area contributed by atoms with E-state index in [0.717, 1.165) is 9.37 Å². The number of thioether (sulfide) groups is 1. The summed E-state index contributed by atoms with van der Waals surface area (Å²) in [7, 11) is 0. The highest BCUT2D eigenvalue weighted by Gasteiger charge is 2.14. The van der Waals surface area contributed by atoms with E-state index in [1.165, 1.54) is 0 Å². The van der Waals surface area contributed by atoms with Crippen LogP contribution in [0.5, 0.6) is 0 Å². The number of hydrogen-bond donors (Lipinski definition) is 1. The van der Waals surface area contributed by atoms with Gasteiger partial charge < -0.3 is 10.5 Å². The van der Waals surface area contributed by atoms with Gasteiger partial charge in [-0.05, 0) is 31.2 Å². The predicted molar refractivity (Wildman–Crippen MR) is 69.5 cm³/mol. The zero-order valence-electron chi connectivity index (χ0n) is 8.98. The Kier molecular flexibility index (Phi) is 5.87. The summed E-state index contributed by atoms with van der Waals surface area (Å²) in [4.78, 5) is 12.3. The van der Waals surface area contributed by atoms with E-state index < -0.39 is 6.04 Å². The molecule has 16 heavy (non-hydrogen) atoms. The molecule has 1 aromatic carbocycles. The third kappa shape index (κ3) is 4.55. The number of halogens is 1. The quantitative estimate of drug-likeness (QED) is 0.670. The van der Waals surface area contributed by atoms with Crippen molar-refractivity contribution in [3.63, 3.8) is 0 Å². The summed E-state index contributed by atoms with van der Waals surface area (Å²) in [6.45, 7) is 2.14. The zero-order chi connectivity index (χ0) is 12.0. The molecule has 0 aliphatic carbocycles. The minimum Gasteiger partial charge on any atom is -0.465 e. The van der Waals surface area contributed by atoms with E-state index in [4.69, 9.17) is 10.5 Å². The molecular formula is C11H14BrNO2S. The molecule has 1 unspecified atom stereocenters. The van der Waals surface area contributed by atoms with Gasteiger partial charge in [-0.25, -0.2) is 0 Å². The Morgan fingerprint density at radius 3 is 2.69 bits per heavy atom. The fourth-order valence-corrected chi connectivity index (χ4v) is 2.14. The number of rotatable bonds is 5. The van der Waals surface area contributed by atoms with Gasteiger partial charge in [-0.3, -0.25) is 4.79 Å². The first-order valence-corrected chi connectivity index (χ1v) is 6.72. The van der Waals surface area contributed by atoms with Crippen molar-refractivity contribution in [2.75, 3.05) is 12.4 Å². The van der Waals surface area contributed by atoms with Crippen LogP contribution in [-0.4, -0.2) is 24.4 Å². The average Bonchev–Trinajstić information content (AvgIpc) is 2.28. The predicted octanol–water partition coefficient (Wildman–Crippen LogP) is 2.43. The van der Waals surface area contributed by atoms with Gasteiger partial charge in [0, 0.05) is 15.1 Å². The van der Waals surface area contributed by atoms with Crippen LogP contribution < -0.4 is 5.73 Å². The second kappa shape index (κ2) is 6.93. The summed E-state index contributed by atoms with van der Waals surface area (Å²) >= 11 is 4.91. The Hall–Kier alpha value is -0.520. The van der Waals surface area contributed by atoms with E-state index in [-0.39, 0.29) is 5.97 Å². The van der Waals surface area contributed by atoms with Crippen molar-refractivity contribution < 1.29 is 9.53 Å². The van der Waals surface area contributed by atoms with Crippen LogP contribution in [0.1, 0.15) is 6.92 Å². The Bertz CT molecular complexity index is 342. The number of nitrogens with two attached hydrogens (primary N) is 1. The van der Waals surface area contributed by atoms with E-state index in [1.54, 1.807) is 18.7 Å². The van der Waals surface area contributed by atoms with Crippen LogP contribution in [0.4, 0.5) is 0 Å². The molecule has 0 fully saturated rings. The van der Waals surface area contributed by atoms with Gasteiger partial charge in [0.05, 0.1) is 6.61 Å². The van der Waals surface area contributed by atoms with Gasteiger partial charge >= 0.3 is 5.97 Å². The summed E-state index contributed by atoms with van der Waals surface area (Å²) < 4.78 is 5.86. The number of hydrogen-bond acceptors (Lipinski definition) is 4. The smallest absolute Gasteiger partial charge is 0.323 e. The van der Waals surface area contributed by atoms with E-state index >= 15 is 0 Å². The lowest BCUT2D eigenvalue weighted by Crippen LogP contribution is -2.34. The molecule has 88 valence electrons. The highest BCUT2D eigenvalue weighted by Crippen LogP contribution is 2.21. The monoisotopic (exact) mass is 303 g/mol. The van der Waals surface area contributed by atoms with Crippen LogP contribution in [0.3, 0.4) is 0 Å². The minimum atomic E-state index is -0.561. The second-order valence-electron chi connectivity index (χ2n) is 3.12. The van der Waals surface area contributed by atoms with Crippen LogP contribution in [-0.2, 0) is 9.53 Å². The number of ether oxygens (including phenoxy) is 1. The Morgan fingerprint density at radius 1 is 1.50 bits per heavy atom. The first-order valence-electron chi connectivity index (χ1n) is 4.94. The number of esters is 1. The van der Waals surface area contributed by atoms with Gasteiger partial charge in [-0.2, -0.15) is 0 Å². The zero-order valence-corrected chi connectivity index (χ0v) is 11.4. The average molecular weight is 304 g/mol. The molecule has 1 aromatic rings. The van der Waals surface area contributed by atoms with Gasteiger partial charge in [0.1, 0.15) is 6.04 Å². The van der Waals surface area contributed by atoms with Crippen molar-refractivity contribution in [2.45, 2.75) is 17.9 Å². The molecule has 0 radical (unpaired) electrons. The summed E-state index contributed by atoms with van der Waals surface area (Å²) in [6.07, 6.45) is 0. The molecule has 1 atom stereocenters. The van der Waals surface area contributed by atoms with Crippen LogP contribution in [0.2, 0.25) is 0 Å². The highest BCUT2D eigenvalue weighted by molar-refractivity contribution is 9.10. The summed E-state index contributed by atoms with van der Waals surface area (Å²) in [5.74, 6) is 0.188. The van der Waals surface area contributed by atoms with E-state index in [2.05, 4.69) is 15.9 Å². The number of benzene rings is 1. The molecule has 1 rings (SSSR count). The van der Waals surface area contributed by atoms with Gasteiger partial charge in [0.25, 0.3) is 0 Å². The van der Waals surface area contributed by atoms with Crippen molar-refractivity contribution in [3.05, 3.63) is 28.7 Å². The molecular weight excluding hydrogens is 290 g/mol. The second-order valence-corrected chi connectivity index (χ2v) is 5.13. The fraction of sp³-hybridized carbons (Fsp3) is 0.364. The van der Waals surface area contributed by atoms with E-state index in [1.807, 2.05) is 24.3 Å². The number of carbonyl (C=O) groups is 1. The third-order valence-electron chi connectivity index (χ3n) is 1.83. The lowest BCUT2D eigenvalue weighted by Gasteiger charge is -2.09. The third-order valence-corrected chi connectivity index (χ3v) is 3.49. The molecule has 0 spiro atoms. The van der Waals surface area contributed by atoms with Crippen LogP contribution in [0, 0.1) is 0 Å². The molecule has 3 nitrogen and oxygen atoms in total. The van der Waals surface area contributed by atoms with Crippen molar-refractivity contribution >= 4 is 33.7 Å². The minimum absolute atomic E-state index is 0.341. The lowest BCUT2D eigenvalue weighted by molar-refractivity contribution is -0.144. The molecule has 5 heteroatoms. The Balaban J connectivity index is 2.39. The Labute approximate surface area is 108 Å². The number of carbonyl (C=O) groups excluding carboxylic acids is 1. The maximum absolute atomic E-state index is 11.3. The van der Waals surface area contributed by atoms with Gasteiger partial charge in [-0.15, -0.1) is 11.8 Å². The molecule has 0 heterocycles. The van der Waals surface area contributed by atoms with Crippen LogP contribution >= 0.6 is 27.7 Å². The van der Waals surface area contributed by atoms with Gasteiger partial charge in [-0.1, -0.05) is 15.9 Å². The normalized spacial score (nSPS) is 12.2. The molecule has 0 saturated heterocycles. The highest BCUT2D eigenvalue weighted by atomic mass is 79.9. The van der Waals surface area contributed by atoms with Crippen LogP contribution in [0.25, 0.3) is 0 Å². The first-order chi connectivity index (χ1) is 7.63. The maximum atomic E-state index is 11.3. The lowest BCUT2D eigenvalue weighted by atomic mass is 10.4. The molecule has 0 amide bonds. The molecule has 0 saturated carbocycles. The largest absolute Gasteiger partial charge is 0.465 e. The van der Waals surface area contributed by atoms with Crippen molar-refractivity contribution in [1.82, 2.24) is 0 Å². The van der Waals surface area contributed by atoms with Crippen molar-refractivity contribution in [3.8, 4) is 0 Å². The van der Waals surface area contributed by atoms with Crippen molar-refractivity contribution in [1.29, 1.82) is 0 Å². The molecule has 0 aliphatic heterocycles. The summed E-state index contributed by atoms with van der Waals surface area (Å²) in [5.41, 5.74) is 5.68. The standard InChI is InChI=1S/C11H14BrNO2S/c1-2-15-11(14)10(13)7-16-9-5-3-8(12)4-6-9/h3-6,10H,2,7,13H2,1H3. The SMILES string of the molecule is CCOC(=O)C(N)CSc1ccc(Br)cc1. The molecule has 0 aromatic heterocycles. The maximum Gasteiger partial charge on any atom is 0.323 e. The van der Waals surface area contributed by atoms with Gasteiger partial charge in [0.2, 0.25) is 0 Å². The van der Waals surface area contributed by atoms with E-state index in [0.29, 0.717) is 12.4 Å². The molecule has 0 bridgehead atoms. The van der Waals surface area contributed by atoms with E-state index in [9.17, 15) is 4.79 Å². The Morgan fingerprint density at radius 2 is 2.12 bits per heavy atom. The topological polar surface area (TPSA) is 52.3 Å². The van der Waals surface area contributed by atoms with Crippen molar-refractivity contribution in [2.24, 2.45) is 5.73 Å². The van der Waals surface area contributed by atoms with Crippen LogP contribution in [0.15, 0.2) is 33.6 Å². The summed E-state index contributed by atoms with van der Waals surface area (Å²) in [5, 5.41) is 0. The molecule has 0 aliphatic rings. The summed E-state index contributed by atoms with van der Waals surface area (Å²) in [6, 6.07) is 7.31. The fourth-order valence-electron chi connectivity index (χ4n) is 1.03.